The Morgan fingerprint density at radius 1 is 1.50 bits per heavy atom. The average Bonchev–Trinajstić information content (AvgIpc) is 3.02. The molecule has 1 unspecified atom stereocenters. The fourth-order valence-electron chi connectivity index (χ4n) is 2.00. The maximum atomic E-state index is 6.14. The maximum Gasteiger partial charge on any atom is 0.150 e. The lowest BCUT2D eigenvalue weighted by molar-refractivity contribution is 0.190. The number of nitrogens with two attached hydrogens (primary N) is 1. The molecule has 5 nitrogen and oxygen atoms in total. The molecule has 16 heavy (non-hydrogen) atoms. The lowest BCUT2D eigenvalue weighted by Crippen LogP contribution is -2.17. The number of methoxy groups -OCH3 is 1. The molecule has 0 spiro atoms. The van der Waals surface area contributed by atoms with Crippen LogP contribution in [0.3, 0.4) is 0 Å². The highest BCUT2D eigenvalue weighted by atomic mass is 16.5. The van der Waals surface area contributed by atoms with Gasteiger partial charge in [0.15, 0.2) is 0 Å². The van der Waals surface area contributed by atoms with Crippen molar-refractivity contribution in [1.29, 1.82) is 0 Å². The van der Waals surface area contributed by atoms with Crippen LogP contribution in [-0.4, -0.2) is 28.5 Å². The fourth-order valence-corrected chi connectivity index (χ4v) is 2.00. The van der Waals surface area contributed by atoms with Gasteiger partial charge in [0, 0.05) is 19.8 Å². The minimum atomic E-state index is -0.0167. The Kier molecular flexibility index (Phi) is 3.56. The van der Waals surface area contributed by atoms with Crippen LogP contribution in [0, 0.1) is 6.92 Å². The third kappa shape index (κ3) is 2.41. The van der Waals surface area contributed by atoms with Crippen molar-refractivity contribution in [2.75, 3.05) is 13.7 Å². The monoisotopic (exact) mass is 224 g/mol. The van der Waals surface area contributed by atoms with Crippen molar-refractivity contribution in [3.63, 3.8) is 0 Å². The maximum absolute atomic E-state index is 6.14. The SMILES string of the molecule is COCCCC(N)c1nnc(C)n1C1CC1. The van der Waals surface area contributed by atoms with Crippen molar-refractivity contribution < 1.29 is 4.74 Å². The van der Waals surface area contributed by atoms with Gasteiger partial charge in [-0.2, -0.15) is 0 Å². The highest BCUT2D eigenvalue weighted by Gasteiger charge is 2.29. The predicted molar refractivity (Wildman–Crippen MR) is 61.1 cm³/mol. The minimum Gasteiger partial charge on any atom is -0.385 e. The van der Waals surface area contributed by atoms with E-state index < -0.39 is 0 Å². The van der Waals surface area contributed by atoms with E-state index in [-0.39, 0.29) is 6.04 Å². The number of aryl methyl sites for hydroxylation is 1. The normalized spacial score (nSPS) is 17.7. The highest BCUT2D eigenvalue weighted by Crippen LogP contribution is 2.37. The summed E-state index contributed by atoms with van der Waals surface area (Å²) in [6, 6.07) is 0.579. The van der Waals surface area contributed by atoms with Gasteiger partial charge in [0.25, 0.3) is 0 Å². The molecule has 90 valence electrons. The zero-order valence-electron chi connectivity index (χ0n) is 10.0. The van der Waals surface area contributed by atoms with Crippen LogP contribution in [0.2, 0.25) is 0 Å². The Hall–Kier alpha value is -0.940. The van der Waals surface area contributed by atoms with Crippen molar-refractivity contribution in [2.45, 2.75) is 44.7 Å². The Morgan fingerprint density at radius 2 is 2.25 bits per heavy atom. The highest BCUT2D eigenvalue weighted by molar-refractivity contribution is 5.05. The molecule has 1 aliphatic rings. The van der Waals surface area contributed by atoms with Gasteiger partial charge in [0.2, 0.25) is 0 Å². The number of hydrogen-bond acceptors (Lipinski definition) is 4. The smallest absolute Gasteiger partial charge is 0.150 e. The predicted octanol–water partition coefficient (Wildman–Crippen LogP) is 1.35. The molecule has 1 saturated carbocycles. The number of hydrogen-bond donors (Lipinski definition) is 1. The van der Waals surface area contributed by atoms with E-state index in [1.54, 1.807) is 7.11 Å². The van der Waals surface area contributed by atoms with Gasteiger partial charge in [-0.25, -0.2) is 0 Å². The van der Waals surface area contributed by atoms with Gasteiger partial charge in [-0.05, 0) is 32.6 Å². The van der Waals surface area contributed by atoms with E-state index in [1.807, 2.05) is 6.92 Å². The van der Waals surface area contributed by atoms with Gasteiger partial charge in [-0.15, -0.1) is 10.2 Å². The van der Waals surface area contributed by atoms with Gasteiger partial charge < -0.3 is 15.0 Å². The Labute approximate surface area is 96.0 Å². The second kappa shape index (κ2) is 4.93. The average molecular weight is 224 g/mol. The Bertz CT molecular complexity index is 346. The standard InChI is InChI=1S/C11H20N4O/c1-8-13-14-11(15(8)9-5-6-9)10(12)4-3-7-16-2/h9-10H,3-7,12H2,1-2H3. The van der Waals surface area contributed by atoms with Gasteiger partial charge in [0.1, 0.15) is 11.6 Å². The molecule has 0 amide bonds. The Balaban J connectivity index is 2.01. The van der Waals surface area contributed by atoms with Gasteiger partial charge in [-0.3, -0.25) is 0 Å². The first-order valence-electron chi connectivity index (χ1n) is 5.90. The topological polar surface area (TPSA) is 66.0 Å². The van der Waals surface area contributed by atoms with E-state index in [4.69, 9.17) is 10.5 Å². The molecular weight excluding hydrogens is 204 g/mol. The molecule has 2 N–H and O–H groups in total. The molecule has 0 saturated heterocycles. The van der Waals surface area contributed by atoms with Crippen molar-refractivity contribution in [3.05, 3.63) is 11.6 Å². The molecule has 0 bridgehead atoms. The zero-order valence-corrected chi connectivity index (χ0v) is 10.0. The van der Waals surface area contributed by atoms with E-state index >= 15 is 0 Å². The van der Waals surface area contributed by atoms with Crippen LogP contribution in [0.15, 0.2) is 0 Å². The second-order valence-corrected chi connectivity index (χ2v) is 4.45. The Morgan fingerprint density at radius 3 is 2.88 bits per heavy atom. The summed E-state index contributed by atoms with van der Waals surface area (Å²) in [7, 11) is 1.71. The number of nitrogens with zero attached hydrogens (tertiary/aromatic N) is 3. The lowest BCUT2D eigenvalue weighted by atomic mass is 10.1. The fraction of sp³-hybridized carbons (Fsp3) is 0.818. The van der Waals surface area contributed by atoms with E-state index in [0.717, 1.165) is 31.1 Å². The van der Waals surface area contributed by atoms with E-state index in [9.17, 15) is 0 Å². The minimum absolute atomic E-state index is 0.0167. The summed E-state index contributed by atoms with van der Waals surface area (Å²) < 4.78 is 7.23. The first-order valence-corrected chi connectivity index (χ1v) is 5.90. The summed E-state index contributed by atoms with van der Waals surface area (Å²) in [6.07, 6.45) is 4.33. The largest absolute Gasteiger partial charge is 0.385 e. The number of ether oxygens (including phenoxy) is 1. The third-order valence-electron chi connectivity index (χ3n) is 3.00. The molecule has 0 aliphatic heterocycles. The summed E-state index contributed by atoms with van der Waals surface area (Å²) in [6.45, 7) is 2.75. The summed E-state index contributed by atoms with van der Waals surface area (Å²) in [5.41, 5.74) is 6.14. The van der Waals surface area contributed by atoms with Gasteiger partial charge in [0.05, 0.1) is 6.04 Å². The van der Waals surface area contributed by atoms with E-state index in [0.29, 0.717) is 6.04 Å². The molecule has 1 heterocycles. The molecule has 1 fully saturated rings. The molecule has 0 aromatic carbocycles. The number of rotatable bonds is 6. The molecule has 1 aliphatic carbocycles. The summed E-state index contributed by atoms with van der Waals surface area (Å²) in [5, 5.41) is 8.33. The molecule has 5 heteroatoms. The van der Waals surface area contributed by atoms with Crippen LogP contribution < -0.4 is 5.73 Å². The van der Waals surface area contributed by atoms with Crippen molar-refractivity contribution >= 4 is 0 Å². The molecule has 2 rings (SSSR count). The van der Waals surface area contributed by atoms with Crippen LogP contribution in [0.1, 0.15) is 49.4 Å². The first kappa shape index (κ1) is 11.5. The molecular formula is C11H20N4O. The van der Waals surface area contributed by atoms with Crippen LogP contribution in [0.25, 0.3) is 0 Å². The molecule has 1 aromatic heterocycles. The van der Waals surface area contributed by atoms with E-state index in [2.05, 4.69) is 14.8 Å². The second-order valence-electron chi connectivity index (χ2n) is 4.45. The van der Waals surface area contributed by atoms with Gasteiger partial charge >= 0.3 is 0 Å². The lowest BCUT2D eigenvalue weighted by Gasteiger charge is -2.13. The quantitative estimate of drug-likeness (QED) is 0.741. The molecule has 0 radical (unpaired) electrons. The van der Waals surface area contributed by atoms with Crippen molar-refractivity contribution in [2.24, 2.45) is 5.73 Å². The first-order chi connectivity index (χ1) is 7.74. The number of aromatic nitrogens is 3. The third-order valence-corrected chi connectivity index (χ3v) is 3.00. The molecule has 1 atom stereocenters. The van der Waals surface area contributed by atoms with E-state index in [1.165, 1.54) is 12.8 Å². The van der Waals surface area contributed by atoms with Crippen molar-refractivity contribution in [3.8, 4) is 0 Å². The summed E-state index contributed by atoms with van der Waals surface area (Å²) >= 11 is 0. The summed E-state index contributed by atoms with van der Waals surface area (Å²) in [5.74, 6) is 1.93. The van der Waals surface area contributed by atoms with Crippen LogP contribution in [-0.2, 0) is 4.74 Å². The van der Waals surface area contributed by atoms with Crippen LogP contribution in [0.4, 0.5) is 0 Å². The molecule has 1 aromatic rings. The van der Waals surface area contributed by atoms with Crippen LogP contribution >= 0.6 is 0 Å². The summed E-state index contributed by atoms with van der Waals surface area (Å²) in [4.78, 5) is 0. The van der Waals surface area contributed by atoms with Gasteiger partial charge in [-0.1, -0.05) is 0 Å². The van der Waals surface area contributed by atoms with Crippen molar-refractivity contribution in [1.82, 2.24) is 14.8 Å². The zero-order chi connectivity index (χ0) is 11.5. The van der Waals surface area contributed by atoms with Crippen LogP contribution in [0.5, 0.6) is 0 Å².